The molecule has 0 heterocycles. The molecule has 28 heavy (non-hydrogen) atoms. The highest BCUT2D eigenvalue weighted by Gasteiger charge is 2.60. The number of fused-ring (bicyclic) bond motifs is 5. The van der Waals surface area contributed by atoms with Gasteiger partial charge in [-0.15, -0.1) is 0 Å². The third kappa shape index (κ3) is 3.02. The first-order valence-electron chi connectivity index (χ1n) is 10.7. The summed E-state index contributed by atoms with van der Waals surface area (Å²) in [6.07, 6.45) is 12.7. The zero-order valence-corrected chi connectivity index (χ0v) is 17.5. The Balaban J connectivity index is 1.58. The Morgan fingerprint density at radius 2 is 1.75 bits per heavy atom. The molecule has 0 radical (unpaired) electrons. The van der Waals surface area contributed by atoms with Gasteiger partial charge >= 0.3 is 15.6 Å². The van der Waals surface area contributed by atoms with Crippen LogP contribution in [0.4, 0.5) is 13.2 Å². The molecule has 4 aliphatic carbocycles. The van der Waals surface area contributed by atoms with Crippen LogP contribution >= 0.6 is 0 Å². The molecule has 0 aromatic rings. The first kappa shape index (κ1) is 20.5. The summed E-state index contributed by atoms with van der Waals surface area (Å²) in [5.74, 6) is 2.02. The molecule has 6 atom stereocenters. The Morgan fingerprint density at radius 3 is 2.46 bits per heavy atom. The van der Waals surface area contributed by atoms with Crippen LogP contribution in [0.1, 0.15) is 78.1 Å². The lowest BCUT2D eigenvalue weighted by atomic mass is 9.46. The first-order chi connectivity index (χ1) is 13.0. The third-order valence-electron chi connectivity index (χ3n) is 8.83. The number of hydrogen-bond donors (Lipinski definition) is 0. The second-order valence-corrected chi connectivity index (χ2v) is 11.5. The van der Waals surface area contributed by atoms with Crippen LogP contribution < -0.4 is 0 Å². The number of rotatable bonds is 2. The fourth-order valence-corrected chi connectivity index (χ4v) is 7.88. The molecule has 0 N–H and O–H groups in total. The zero-order valence-electron chi connectivity index (χ0n) is 16.7. The van der Waals surface area contributed by atoms with Crippen LogP contribution in [-0.4, -0.2) is 13.9 Å². The molecule has 0 spiro atoms. The van der Waals surface area contributed by atoms with Crippen molar-refractivity contribution in [3.8, 4) is 0 Å². The van der Waals surface area contributed by atoms with E-state index in [9.17, 15) is 21.6 Å². The Bertz CT molecular complexity index is 759. The molecular formula is C21H31F3O3S. The maximum atomic E-state index is 12.8. The van der Waals surface area contributed by atoms with Crippen molar-refractivity contribution in [2.45, 2.75) is 83.6 Å². The van der Waals surface area contributed by atoms with Crippen molar-refractivity contribution in [2.75, 3.05) is 0 Å². The van der Waals surface area contributed by atoms with Gasteiger partial charge < -0.3 is 4.18 Å². The van der Waals surface area contributed by atoms with Gasteiger partial charge in [0.25, 0.3) is 0 Å². The van der Waals surface area contributed by atoms with Crippen molar-refractivity contribution in [2.24, 2.45) is 34.5 Å². The molecule has 7 heteroatoms. The Morgan fingerprint density at radius 1 is 1.00 bits per heavy atom. The minimum atomic E-state index is -5.60. The van der Waals surface area contributed by atoms with Crippen LogP contribution in [0.25, 0.3) is 0 Å². The quantitative estimate of drug-likeness (QED) is 0.396. The van der Waals surface area contributed by atoms with Gasteiger partial charge in [-0.05, 0) is 80.1 Å². The molecule has 4 aliphatic rings. The Hall–Kier alpha value is -0.720. The van der Waals surface area contributed by atoms with Gasteiger partial charge in [-0.2, -0.15) is 21.6 Å². The lowest BCUT2D eigenvalue weighted by Crippen LogP contribution is -2.51. The fraction of sp³-hybridized carbons (Fsp3) is 0.905. The van der Waals surface area contributed by atoms with E-state index in [-0.39, 0.29) is 11.7 Å². The van der Waals surface area contributed by atoms with Gasteiger partial charge in [0.2, 0.25) is 0 Å². The van der Waals surface area contributed by atoms with Crippen molar-refractivity contribution in [3.05, 3.63) is 11.8 Å². The number of halogens is 3. The van der Waals surface area contributed by atoms with E-state index in [4.69, 9.17) is 0 Å². The summed E-state index contributed by atoms with van der Waals surface area (Å²) in [7, 11) is -5.60. The van der Waals surface area contributed by atoms with Gasteiger partial charge in [-0.3, -0.25) is 0 Å². The molecular weight excluding hydrogens is 389 g/mol. The van der Waals surface area contributed by atoms with Crippen LogP contribution in [0.3, 0.4) is 0 Å². The second-order valence-electron chi connectivity index (χ2n) is 10.00. The summed E-state index contributed by atoms with van der Waals surface area (Å²) in [6, 6.07) is 0. The summed E-state index contributed by atoms with van der Waals surface area (Å²) in [4.78, 5) is 0. The van der Waals surface area contributed by atoms with E-state index in [1.54, 1.807) is 6.08 Å². The van der Waals surface area contributed by atoms with Gasteiger partial charge in [0, 0.05) is 5.41 Å². The van der Waals surface area contributed by atoms with Crippen molar-refractivity contribution < 1.29 is 25.8 Å². The highest BCUT2D eigenvalue weighted by atomic mass is 32.2. The molecule has 3 saturated carbocycles. The van der Waals surface area contributed by atoms with E-state index in [1.165, 1.54) is 38.5 Å². The molecule has 0 aromatic carbocycles. The van der Waals surface area contributed by atoms with Crippen molar-refractivity contribution in [1.82, 2.24) is 0 Å². The third-order valence-corrected chi connectivity index (χ3v) is 9.79. The average molecular weight is 421 g/mol. The molecule has 160 valence electrons. The van der Waals surface area contributed by atoms with Gasteiger partial charge in [-0.1, -0.05) is 33.1 Å². The SMILES string of the molecule is C[C@]12CCCCC[C@@H]1CC[C@@H]1[C@@H]2CC[C@]2(C)C(OS(=O)(=O)C(F)(F)F)=CC[C@@H]12. The molecule has 0 bridgehead atoms. The van der Waals surface area contributed by atoms with Gasteiger partial charge in [0.1, 0.15) is 5.76 Å². The van der Waals surface area contributed by atoms with Crippen LogP contribution in [0.15, 0.2) is 11.8 Å². The van der Waals surface area contributed by atoms with Crippen LogP contribution in [-0.2, 0) is 14.3 Å². The molecule has 3 fully saturated rings. The lowest BCUT2D eigenvalue weighted by Gasteiger charge is -2.58. The Labute approximate surface area is 166 Å². The van der Waals surface area contributed by atoms with Gasteiger partial charge in [-0.25, -0.2) is 0 Å². The summed E-state index contributed by atoms with van der Waals surface area (Å²) < 4.78 is 66.4. The minimum Gasteiger partial charge on any atom is -0.380 e. The summed E-state index contributed by atoms with van der Waals surface area (Å²) in [5, 5.41) is 0. The number of hydrogen-bond acceptors (Lipinski definition) is 3. The summed E-state index contributed by atoms with van der Waals surface area (Å²) in [5.41, 5.74) is -5.67. The standard InChI is InChI=1S/C21H31F3O3S/c1-19-12-5-3-4-6-14(19)7-8-15-16-9-10-18(20(16,2)13-11-17(15)19)27-28(25,26)21(22,23)24/h10,14-17H,3-9,11-13H2,1-2H3/t14-,15+,16+,17+,19+,20+/m1/s1. The highest BCUT2D eigenvalue weighted by molar-refractivity contribution is 7.87. The highest BCUT2D eigenvalue weighted by Crippen LogP contribution is 2.66. The predicted molar refractivity (Wildman–Crippen MR) is 100 cm³/mol. The van der Waals surface area contributed by atoms with Crippen molar-refractivity contribution in [3.63, 3.8) is 0 Å². The number of alkyl halides is 3. The summed E-state index contributed by atoms with van der Waals surface area (Å²) >= 11 is 0. The monoisotopic (exact) mass is 420 g/mol. The van der Waals surface area contributed by atoms with Crippen LogP contribution in [0, 0.1) is 34.5 Å². The van der Waals surface area contributed by atoms with Gasteiger partial charge in [0.15, 0.2) is 0 Å². The fourth-order valence-electron chi connectivity index (χ4n) is 7.29. The molecule has 0 aliphatic heterocycles. The Kier molecular flexibility index (Phi) is 4.88. The smallest absolute Gasteiger partial charge is 0.380 e. The molecule has 0 unspecified atom stereocenters. The molecule has 0 amide bonds. The lowest BCUT2D eigenvalue weighted by molar-refractivity contribution is -0.0916. The normalized spacial score (nSPS) is 44.0. The van der Waals surface area contributed by atoms with E-state index in [0.29, 0.717) is 30.1 Å². The van der Waals surface area contributed by atoms with E-state index in [0.717, 1.165) is 18.8 Å². The van der Waals surface area contributed by atoms with E-state index < -0.39 is 21.0 Å². The van der Waals surface area contributed by atoms with E-state index in [2.05, 4.69) is 11.1 Å². The van der Waals surface area contributed by atoms with Crippen LogP contribution in [0.2, 0.25) is 0 Å². The second kappa shape index (κ2) is 6.64. The first-order valence-corrected chi connectivity index (χ1v) is 12.1. The number of allylic oxidation sites excluding steroid dienone is 2. The molecule has 0 saturated heterocycles. The molecule has 4 rings (SSSR count). The average Bonchev–Trinajstić information content (AvgIpc) is 2.79. The largest absolute Gasteiger partial charge is 0.534 e. The topological polar surface area (TPSA) is 43.4 Å². The van der Waals surface area contributed by atoms with Crippen molar-refractivity contribution >= 4 is 10.1 Å². The maximum absolute atomic E-state index is 12.8. The predicted octanol–water partition coefficient (Wildman–Crippen LogP) is 6.17. The summed E-state index contributed by atoms with van der Waals surface area (Å²) in [6.45, 7) is 4.37. The maximum Gasteiger partial charge on any atom is 0.534 e. The van der Waals surface area contributed by atoms with Crippen LogP contribution in [0.5, 0.6) is 0 Å². The molecule has 3 nitrogen and oxygen atoms in total. The van der Waals surface area contributed by atoms with Gasteiger partial charge in [0.05, 0.1) is 0 Å². The van der Waals surface area contributed by atoms with Crippen molar-refractivity contribution in [1.29, 1.82) is 0 Å². The molecule has 0 aromatic heterocycles. The minimum absolute atomic E-state index is 0.0291. The van der Waals surface area contributed by atoms with E-state index >= 15 is 0 Å². The zero-order chi connectivity index (χ0) is 20.4. The van der Waals surface area contributed by atoms with E-state index in [1.807, 2.05) is 6.92 Å².